The normalized spacial score (nSPS) is 10.0. The van der Waals surface area contributed by atoms with Crippen LogP contribution in [0.25, 0.3) is 0 Å². The molecule has 0 heterocycles. The van der Waals surface area contributed by atoms with E-state index in [1.54, 1.807) is 0 Å². The summed E-state index contributed by atoms with van der Waals surface area (Å²) in [7, 11) is 0. The Labute approximate surface area is 129 Å². The van der Waals surface area contributed by atoms with Gasteiger partial charge in [-0.3, -0.25) is 0 Å². The maximum absolute atomic E-state index is 2.56. The van der Waals surface area contributed by atoms with Crippen LogP contribution in [0.1, 0.15) is 1.43 Å². The van der Waals surface area contributed by atoms with Gasteiger partial charge < -0.3 is 1.43 Å². The molecule has 0 unspecified atom stereocenters. The molecule has 0 aliphatic rings. The second-order valence-electron chi connectivity index (χ2n) is 0.429. The van der Waals surface area contributed by atoms with Crippen molar-refractivity contribution >= 4 is 75.0 Å². The first kappa shape index (κ1) is 14.2. The molecular formula is HI4PbRb. The summed E-state index contributed by atoms with van der Waals surface area (Å²) < 4.78 is -1.40. The number of hydrogen-bond acceptors (Lipinski definition) is 0. The molecule has 0 atom stereocenters. The van der Waals surface area contributed by atoms with Gasteiger partial charge >= 0.3 is 133 Å². The zero-order chi connectivity index (χ0) is 4.50. The third kappa shape index (κ3) is 22.6. The Morgan fingerprint density at radius 3 is 1.00 bits per heavy atom. The van der Waals surface area contributed by atoms with Gasteiger partial charge in [0.2, 0.25) is 0 Å². The molecule has 0 saturated carbocycles. The summed E-state index contributed by atoms with van der Waals surface area (Å²) >= 11 is 10.2. The van der Waals surface area contributed by atoms with Gasteiger partial charge in [0, 0.05) is 0 Å². The Morgan fingerprint density at radius 1 is 1.00 bits per heavy atom. The van der Waals surface area contributed by atoms with Crippen LogP contribution in [0.15, 0.2) is 0 Å². The van der Waals surface area contributed by atoms with Gasteiger partial charge in [-0.15, -0.1) is 0 Å². The summed E-state index contributed by atoms with van der Waals surface area (Å²) in [5.41, 5.74) is 0. The molecule has 0 nitrogen and oxygen atoms in total. The van der Waals surface area contributed by atoms with Crippen molar-refractivity contribution in [3.63, 3.8) is 0 Å². The van der Waals surface area contributed by atoms with Crippen molar-refractivity contribution in [2.24, 2.45) is 0 Å². The Morgan fingerprint density at radius 2 is 1.00 bits per heavy atom. The number of hydrogen-bond donors (Lipinski definition) is 0. The quantitative estimate of drug-likeness (QED) is 0.245. The van der Waals surface area contributed by atoms with Crippen molar-refractivity contribution in [2.45, 2.75) is 0 Å². The summed E-state index contributed by atoms with van der Waals surface area (Å²) in [5, 5.41) is 0. The molecule has 0 rings (SSSR count). The average Bonchev–Trinajstić information content (AvgIpc) is 0.722. The van der Waals surface area contributed by atoms with E-state index in [1.807, 2.05) is 0 Å². The molecule has 0 aromatic rings. The Kier molecular flexibility index (Phi) is 17.3. The molecule has 0 N–H and O–H groups in total. The van der Waals surface area contributed by atoms with Crippen LogP contribution in [0.3, 0.4) is 0 Å². The van der Waals surface area contributed by atoms with Crippen molar-refractivity contribution < 1.29 is 59.6 Å². The first-order valence-corrected chi connectivity index (χ1v) is 44.5. The van der Waals surface area contributed by atoms with Crippen LogP contribution < -0.4 is 58.2 Å². The third-order valence-electron chi connectivity index (χ3n) is 0. The second-order valence-corrected chi connectivity index (χ2v) is 169. The van der Waals surface area contributed by atoms with E-state index in [9.17, 15) is 0 Å². The van der Waals surface area contributed by atoms with E-state index in [0.29, 0.717) is 0 Å². The summed E-state index contributed by atoms with van der Waals surface area (Å²) in [6.45, 7) is 0. The summed E-state index contributed by atoms with van der Waals surface area (Å²) in [5.74, 6) is 0. The Hall–Kier alpha value is 5.65. The second kappa shape index (κ2) is 7.30. The zero-order valence-corrected chi connectivity index (χ0v) is 20.4. The van der Waals surface area contributed by atoms with Crippen molar-refractivity contribution in [1.82, 2.24) is 0 Å². The van der Waals surface area contributed by atoms with E-state index in [4.69, 9.17) is 0 Å². The van der Waals surface area contributed by atoms with Crippen LogP contribution in [0.2, 0.25) is 0 Å². The van der Waals surface area contributed by atoms with E-state index in [0.717, 1.165) is 0 Å². The van der Waals surface area contributed by atoms with Gasteiger partial charge in [0.15, 0.2) is 0 Å². The first-order chi connectivity index (χ1) is 2.00. The smallest absolute Gasteiger partial charge is 1.00 e. The molecule has 0 aliphatic carbocycles. The summed E-state index contributed by atoms with van der Waals surface area (Å²) in [4.78, 5) is 0. The van der Waals surface area contributed by atoms with Crippen LogP contribution in [0.4, 0.5) is 0 Å². The first-order valence-electron chi connectivity index (χ1n) is 0.756. The van der Waals surface area contributed by atoms with Crippen LogP contribution >= 0.6 is 71.0 Å². The summed E-state index contributed by atoms with van der Waals surface area (Å²) in [6, 6.07) is 0. The van der Waals surface area contributed by atoms with Gasteiger partial charge in [-0.05, 0) is 0 Å². The Balaban J connectivity index is -0.0000000800. The maximum Gasteiger partial charge on any atom is 1.00 e. The largest absolute Gasteiger partial charge is 1.00 e. The minimum absolute atomic E-state index is 0. The Bertz CT molecular complexity index is 27.2. The van der Waals surface area contributed by atoms with Crippen molar-refractivity contribution in [3.8, 4) is 0 Å². The molecule has 0 saturated heterocycles. The molecule has 0 aliphatic heterocycles. The number of rotatable bonds is 0. The molecule has 0 bridgehead atoms. The zero-order valence-electron chi connectivity index (χ0n) is 4.01. The molecule has 0 fully saturated rings. The molecule has 6 heteroatoms. The standard InChI is InChI=1S/4HI.Pb.Rb.H/h4*1H;;;/q;;;;+4;+1;-1/p-4. The van der Waals surface area contributed by atoms with Crippen molar-refractivity contribution in [1.29, 1.82) is 0 Å². The monoisotopic (exact) mass is 802 g/mol. The van der Waals surface area contributed by atoms with Gasteiger partial charge in [0.1, 0.15) is 0 Å². The fourth-order valence-electron chi connectivity index (χ4n) is 0. The number of halogens is 4. The van der Waals surface area contributed by atoms with Crippen LogP contribution in [0, 0.1) is 0 Å². The van der Waals surface area contributed by atoms with Crippen molar-refractivity contribution in [2.75, 3.05) is 0 Å². The van der Waals surface area contributed by atoms with Crippen LogP contribution in [-0.4, -0.2) is 4.00 Å². The topological polar surface area (TPSA) is 0 Å². The molecule has 6 heavy (non-hydrogen) atoms. The van der Waals surface area contributed by atoms with Gasteiger partial charge in [-0.1, -0.05) is 0 Å². The molecule has 0 aromatic carbocycles. The summed E-state index contributed by atoms with van der Waals surface area (Å²) in [6.07, 6.45) is 0. The maximum atomic E-state index is 2.56. The minimum atomic E-state index is -1.40. The predicted octanol–water partition coefficient (Wildman–Crippen LogP) is 0.279. The minimum Gasteiger partial charge on any atom is 1.00 e. The fraction of sp³-hybridized carbons (Fsp3) is 0. The van der Waals surface area contributed by atoms with Crippen LogP contribution in [0.5, 0.6) is 0 Å². The van der Waals surface area contributed by atoms with Crippen LogP contribution in [-0.2, 0) is 0 Å². The van der Waals surface area contributed by atoms with E-state index in [-0.39, 0.29) is 59.6 Å². The van der Waals surface area contributed by atoms with Gasteiger partial charge in [0.05, 0.1) is 0 Å². The average molecular weight is 801 g/mol. The van der Waals surface area contributed by atoms with E-state index in [1.165, 1.54) is 0 Å². The molecule has 0 amide bonds. The molecule has 34 valence electrons. The predicted molar refractivity (Wildman–Crippen MR) is 62.9 cm³/mol. The fourth-order valence-corrected chi connectivity index (χ4v) is 0. The molecular weight excluding hydrogens is 800 g/mol. The van der Waals surface area contributed by atoms with Gasteiger partial charge in [0.25, 0.3) is 0 Å². The van der Waals surface area contributed by atoms with E-state index >= 15 is 0 Å². The molecule has 0 spiro atoms. The molecule has 0 radical (unpaired) electrons. The van der Waals surface area contributed by atoms with E-state index in [2.05, 4.69) is 71.0 Å². The van der Waals surface area contributed by atoms with Gasteiger partial charge in [-0.2, -0.15) is 0 Å². The van der Waals surface area contributed by atoms with E-state index < -0.39 is 4.00 Å². The third-order valence-corrected chi connectivity index (χ3v) is 0. The van der Waals surface area contributed by atoms with Gasteiger partial charge in [-0.25, -0.2) is 0 Å². The van der Waals surface area contributed by atoms with Crippen molar-refractivity contribution in [3.05, 3.63) is 0 Å². The SMILES string of the molecule is [H-].[I][Pb]([I])([I])[I].[Rb+]. The molecule has 0 aromatic heterocycles.